The van der Waals surface area contributed by atoms with Crippen molar-refractivity contribution in [3.8, 4) is 0 Å². The van der Waals surface area contributed by atoms with Crippen molar-refractivity contribution in [2.45, 2.75) is 19.4 Å². The monoisotopic (exact) mass is 100 g/mol. The lowest BCUT2D eigenvalue weighted by atomic mass is 10.4. The molecular weight excluding hydrogens is 88.1 g/mol. The summed E-state index contributed by atoms with van der Waals surface area (Å²) in [6.45, 7) is 2.07. The van der Waals surface area contributed by atoms with Gasteiger partial charge in [0.05, 0.1) is 0 Å². The van der Waals surface area contributed by atoms with Gasteiger partial charge in [0.25, 0.3) is 0 Å². The van der Waals surface area contributed by atoms with Gasteiger partial charge in [0, 0.05) is 10.2 Å². The smallest absolute Gasteiger partial charge is 0.00319 e. The summed E-state index contributed by atoms with van der Waals surface area (Å²) in [4.78, 5) is 0. The molecule has 0 unspecified atom stereocenters. The van der Waals surface area contributed by atoms with Crippen molar-refractivity contribution in [2.75, 3.05) is 0 Å². The van der Waals surface area contributed by atoms with E-state index in [0.717, 1.165) is 0 Å². The molecular formula is C5H12Si. The zero-order chi connectivity index (χ0) is 4.83. The normalized spacial score (nSPS) is 10.8. The lowest BCUT2D eigenvalue weighted by Gasteiger charge is -1.76. The fraction of sp³-hybridized carbons (Fsp3) is 0.600. The Morgan fingerprint density at radius 1 is 1.67 bits per heavy atom. The van der Waals surface area contributed by atoms with Gasteiger partial charge >= 0.3 is 0 Å². The molecule has 0 saturated heterocycles. The van der Waals surface area contributed by atoms with Crippen LogP contribution in [-0.4, -0.2) is 10.2 Å². The molecule has 0 rings (SSSR count). The highest BCUT2D eigenvalue weighted by Gasteiger charge is 1.65. The maximum absolute atomic E-state index is 2.22. The Labute approximate surface area is 42.7 Å². The zero-order valence-electron chi connectivity index (χ0n) is 4.57. The van der Waals surface area contributed by atoms with Crippen LogP contribution in [0.5, 0.6) is 0 Å². The zero-order valence-corrected chi connectivity index (χ0v) is 6.57. The summed E-state index contributed by atoms with van der Waals surface area (Å²) in [5.74, 6) is 0. The molecule has 0 aromatic carbocycles. The number of hydrogen-bond donors (Lipinski definition) is 0. The van der Waals surface area contributed by atoms with Gasteiger partial charge in [-0.05, 0) is 13.3 Å². The summed E-state index contributed by atoms with van der Waals surface area (Å²) in [5.41, 5.74) is 0. The van der Waals surface area contributed by atoms with E-state index >= 15 is 0 Å². The molecule has 0 aliphatic rings. The standard InChI is InChI=1S/C5H12Si/c1-2-3-4-5-6/h2-3H,4-5H2,1,6H3. The van der Waals surface area contributed by atoms with Crippen LogP contribution in [0.1, 0.15) is 13.3 Å². The minimum Gasteiger partial charge on any atom is -0.0917 e. The predicted molar refractivity (Wildman–Crippen MR) is 34.2 cm³/mol. The molecule has 0 atom stereocenters. The van der Waals surface area contributed by atoms with Gasteiger partial charge in [-0.25, -0.2) is 0 Å². The van der Waals surface area contributed by atoms with E-state index in [9.17, 15) is 0 Å². The van der Waals surface area contributed by atoms with Crippen LogP contribution >= 0.6 is 0 Å². The van der Waals surface area contributed by atoms with E-state index in [1.54, 1.807) is 0 Å². The van der Waals surface area contributed by atoms with E-state index in [0.29, 0.717) is 0 Å². The molecule has 0 radical (unpaired) electrons. The largest absolute Gasteiger partial charge is 0.0917 e. The highest BCUT2D eigenvalue weighted by Crippen LogP contribution is 1.83. The molecule has 0 saturated carbocycles. The fourth-order valence-corrected chi connectivity index (χ4v) is 0.667. The topological polar surface area (TPSA) is 0 Å². The second-order valence-corrected chi connectivity index (χ2v) is 2.36. The van der Waals surface area contributed by atoms with Gasteiger partial charge in [0.2, 0.25) is 0 Å². The van der Waals surface area contributed by atoms with Crippen molar-refractivity contribution in [3.63, 3.8) is 0 Å². The van der Waals surface area contributed by atoms with Crippen molar-refractivity contribution < 1.29 is 0 Å². The first-order valence-corrected chi connectivity index (χ1v) is 3.94. The molecule has 0 bridgehead atoms. The molecule has 0 aromatic rings. The summed E-state index contributed by atoms with van der Waals surface area (Å²) < 4.78 is 0. The van der Waals surface area contributed by atoms with Crippen molar-refractivity contribution in [2.24, 2.45) is 0 Å². The van der Waals surface area contributed by atoms with Crippen molar-refractivity contribution in [1.82, 2.24) is 0 Å². The van der Waals surface area contributed by atoms with Gasteiger partial charge in [-0.15, -0.1) is 0 Å². The fourth-order valence-electron chi connectivity index (χ4n) is 0.333. The Balaban J connectivity index is 2.66. The Kier molecular flexibility index (Phi) is 4.92. The van der Waals surface area contributed by atoms with Crippen LogP contribution in [0.3, 0.4) is 0 Å². The molecule has 0 aliphatic heterocycles. The van der Waals surface area contributed by atoms with Crippen molar-refractivity contribution in [3.05, 3.63) is 12.2 Å². The van der Waals surface area contributed by atoms with Crippen LogP contribution in [-0.2, 0) is 0 Å². The summed E-state index contributed by atoms with van der Waals surface area (Å²) in [6, 6.07) is 1.41. The van der Waals surface area contributed by atoms with E-state index in [1.807, 2.05) is 0 Å². The third kappa shape index (κ3) is 3.96. The average Bonchev–Trinajstić information content (AvgIpc) is 1.61. The van der Waals surface area contributed by atoms with E-state index in [-0.39, 0.29) is 0 Å². The highest BCUT2D eigenvalue weighted by molar-refractivity contribution is 6.08. The van der Waals surface area contributed by atoms with E-state index < -0.39 is 0 Å². The molecule has 1 heteroatoms. The van der Waals surface area contributed by atoms with Crippen LogP contribution in [0.25, 0.3) is 0 Å². The number of allylic oxidation sites excluding steroid dienone is 2. The van der Waals surface area contributed by atoms with E-state index in [1.165, 1.54) is 22.7 Å². The molecule has 0 N–H and O–H groups in total. The Hall–Kier alpha value is -0.0431. The highest BCUT2D eigenvalue weighted by atomic mass is 28.1. The first-order chi connectivity index (χ1) is 2.91. The number of hydrogen-bond acceptors (Lipinski definition) is 0. The molecule has 36 valence electrons. The molecule has 0 aliphatic carbocycles. The maximum Gasteiger partial charge on any atom is 0.00319 e. The SMILES string of the molecule is CC=CCC[SiH3]. The van der Waals surface area contributed by atoms with Gasteiger partial charge in [-0.1, -0.05) is 18.2 Å². The van der Waals surface area contributed by atoms with Gasteiger partial charge in [0.1, 0.15) is 0 Å². The van der Waals surface area contributed by atoms with Gasteiger partial charge in [-0.3, -0.25) is 0 Å². The molecule has 0 nitrogen and oxygen atoms in total. The van der Waals surface area contributed by atoms with Gasteiger partial charge in [-0.2, -0.15) is 0 Å². The lowest BCUT2D eigenvalue weighted by Crippen LogP contribution is -1.60. The van der Waals surface area contributed by atoms with Gasteiger partial charge < -0.3 is 0 Å². The first kappa shape index (κ1) is 5.96. The Morgan fingerprint density at radius 3 is 2.50 bits per heavy atom. The maximum atomic E-state index is 2.22. The van der Waals surface area contributed by atoms with Crippen LogP contribution < -0.4 is 0 Å². The van der Waals surface area contributed by atoms with Crippen LogP contribution in [0.4, 0.5) is 0 Å². The average molecular weight is 100 g/mol. The van der Waals surface area contributed by atoms with Crippen LogP contribution in [0, 0.1) is 0 Å². The summed E-state index contributed by atoms with van der Waals surface area (Å²) >= 11 is 0. The molecule has 6 heavy (non-hydrogen) atoms. The Morgan fingerprint density at radius 2 is 2.33 bits per heavy atom. The number of rotatable bonds is 2. The van der Waals surface area contributed by atoms with Crippen LogP contribution in [0.2, 0.25) is 6.04 Å². The van der Waals surface area contributed by atoms with Crippen molar-refractivity contribution in [1.29, 1.82) is 0 Å². The summed E-state index contributed by atoms with van der Waals surface area (Å²) in [5, 5.41) is 0. The first-order valence-electron chi connectivity index (χ1n) is 2.53. The van der Waals surface area contributed by atoms with E-state index in [4.69, 9.17) is 0 Å². The van der Waals surface area contributed by atoms with Crippen molar-refractivity contribution >= 4 is 10.2 Å². The molecule has 0 aromatic heterocycles. The minimum atomic E-state index is 1.29. The lowest BCUT2D eigenvalue weighted by molar-refractivity contribution is 1.21. The third-order valence-electron chi connectivity index (χ3n) is 0.691. The minimum absolute atomic E-state index is 1.29. The van der Waals surface area contributed by atoms with E-state index in [2.05, 4.69) is 19.1 Å². The van der Waals surface area contributed by atoms with Crippen LogP contribution in [0.15, 0.2) is 12.2 Å². The Bertz CT molecular complexity index is 39.2. The quantitative estimate of drug-likeness (QED) is 0.354. The molecule has 0 heterocycles. The molecule has 0 spiro atoms. The second kappa shape index (κ2) is 4.96. The summed E-state index contributed by atoms with van der Waals surface area (Å²) in [7, 11) is 1.35. The third-order valence-corrected chi connectivity index (χ3v) is 1.27. The van der Waals surface area contributed by atoms with Gasteiger partial charge in [0.15, 0.2) is 0 Å². The predicted octanol–water partition coefficient (Wildman–Crippen LogP) is 0.736. The summed E-state index contributed by atoms with van der Waals surface area (Å²) in [6.07, 6.45) is 5.62. The molecule has 0 fully saturated rings. The second-order valence-electron chi connectivity index (χ2n) is 1.36. The molecule has 0 amide bonds.